The lowest BCUT2D eigenvalue weighted by Gasteiger charge is -2.19. The number of hydrogen-bond acceptors (Lipinski definition) is 6. The average molecular weight is 551 g/mol. The largest absolute Gasteiger partial charge is 0.345 e. The van der Waals surface area contributed by atoms with Gasteiger partial charge in [-0.2, -0.15) is 0 Å². The zero-order valence-electron chi connectivity index (χ0n) is 22.3. The molecule has 3 aromatic rings. The van der Waals surface area contributed by atoms with Crippen LogP contribution >= 0.6 is 0 Å². The molecule has 2 aromatic heterocycles. The van der Waals surface area contributed by atoms with Crippen LogP contribution in [0.15, 0.2) is 47.8 Å². The van der Waals surface area contributed by atoms with Gasteiger partial charge in [0, 0.05) is 54.1 Å². The second kappa shape index (κ2) is 10.9. The van der Waals surface area contributed by atoms with E-state index in [0.29, 0.717) is 47.3 Å². The summed E-state index contributed by atoms with van der Waals surface area (Å²) in [5.74, 6) is 0.126. The van der Waals surface area contributed by atoms with E-state index >= 15 is 0 Å². The predicted octanol–water partition coefficient (Wildman–Crippen LogP) is 3.68. The Hall–Kier alpha value is -3.57. The summed E-state index contributed by atoms with van der Waals surface area (Å²) in [7, 11) is -3.88. The van der Waals surface area contributed by atoms with E-state index in [1.807, 2.05) is 26.8 Å². The minimum absolute atomic E-state index is 0.126. The first kappa shape index (κ1) is 27.0. The Bertz CT molecular complexity index is 1510. The quantitative estimate of drug-likeness (QED) is 0.320. The number of aromatic nitrogens is 2. The Morgan fingerprint density at radius 1 is 1.08 bits per heavy atom. The lowest BCUT2D eigenvalue weighted by atomic mass is 9.98. The third-order valence-corrected chi connectivity index (χ3v) is 8.58. The second-order valence-electron chi connectivity index (χ2n) is 10.6. The summed E-state index contributed by atoms with van der Waals surface area (Å²) in [5, 5.41) is 10.0. The van der Waals surface area contributed by atoms with E-state index in [1.165, 1.54) is 6.20 Å². The third-order valence-electron chi connectivity index (χ3n) is 7.11. The van der Waals surface area contributed by atoms with Gasteiger partial charge >= 0.3 is 6.03 Å². The molecule has 1 aromatic carbocycles. The van der Waals surface area contributed by atoms with E-state index in [9.17, 15) is 18.0 Å². The Kier molecular flexibility index (Phi) is 7.55. The van der Waals surface area contributed by atoms with Crippen molar-refractivity contribution in [2.45, 2.75) is 62.9 Å². The lowest BCUT2D eigenvalue weighted by molar-refractivity contribution is 0.0935. The molecular weight excluding hydrogens is 516 g/mol. The molecule has 2 aliphatic rings. The fourth-order valence-corrected chi connectivity index (χ4v) is 6.50. The molecule has 2 aliphatic carbocycles. The van der Waals surface area contributed by atoms with Crippen molar-refractivity contribution in [2.24, 2.45) is 5.92 Å². The third kappa shape index (κ3) is 5.74. The Labute approximate surface area is 228 Å². The highest BCUT2D eigenvalue weighted by Crippen LogP contribution is 2.46. The van der Waals surface area contributed by atoms with Crippen LogP contribution in [-0.2, 0) is 10.0 Å². The van der Waals surface area contributed by atoms with Crippen LogP contribution in [0.25, 0.3) is 10.8 Å². The summed E-state index contributed by atoms with van der Waals surface area (Å²) in [5.41, 5.74) is 2.68. The molecule has 3 amide bonds. The van der Waals surface area contributed by atoms with Gasteiger partial charge in [-0.05, 0) is 67.5 Å². The minimum atomic E-state index is -3.88. The molecule has 206 valence electrons. The molecule has 0 unspecified atom stereocenters. The average Bonchev–Trinajstić information content (AvgIpc) is 3.71. The predicted molar refractivity (Wildman–Crippen MR) is 148 cm³/mol. The van der Waals surface area contributed by atoms with E-state index in [0.717, 1.165) is 24.1 Å². The Morgan fingerprint density at radius 2 is 1.87 bits per heavy atom. The number of amides is 3. The molecule has 39 heavy (non-hydrogen) atoms. The van der Waals surface area contributed by atoms with Crippen LogP contribution in [0, 0.1) is 5.92 Å². The molecular formula is C28H34N6O4S. The van der Waals surface area contributed by atoms with E-state index in [1.54, 1.807) is 30.6 Å². The smallest absolute Gasteiger partial charge is 0.315 e. The maximum absolute atomic E-state index is 13.6. The van der Waals surface area contributed by atoms with Crippen LogP contribution in [0.4, 0.5) is 4.79 Å². The van der Waals surface area contributed by atoms with Crippen LogP contribution in [0.2, 0.25) is 0 Å². The number of carbonyl (C=O) groups is 2. The number of fused-ring (bicyclic) bond motifs is 3. The van der Waals surface area contributed by atoms with Gasteiger partial charge in [0.2, 0.25) is 10.0 Å². The molecule has 2 heterocycles. The molecule has 0 bridgehead atoms. The van der Waals surface area contributed by atoms with Crippen molar-refractivity contribution in [1.29, 1.82) is 0 Å². The molecule has 2 atom stereocenters. The highest BCUT2D eigenvalue weighted by molar-refractivity contribution is 7.89. The van der Waals surface area contributed by atoms with Crippen molar-refractivity contribution in [2.75, 3.05) is 13.1 Å². The standard InChI is InChI=1S/C28H34N6O4S/c1-4-30-28(36)34-24-12-23(33-27(35)18-6-5-9-29-14-18)20-11-25(39(37,38)32-13-16(2)3)19-10-22(17-7-8-17)31-15-21(19)26(20)24/h5-6,9-11,14-17,23-24,32H,4,7-8,12-13H2,1-3H3,(H,33,35)(H2,30,34,36)/t23-,24-/m0/s1. The van der Waals surface area contributed by atoms with Gasteiger partial charge in [-0.25, -0.2) is 17.9 Å². The Balaban J connectivity index is 1.65. The van der Waals surface area contributed by atoms with Gasteiger partial charge < -0.3 is 16.0 Å². The number of rotatable bonds is 9. The molecule has 0 spiro atoms. The number of nitrogens with zero attached hydrogens (tertiary/aromatic N) is 2. The summed E-state index contributed by atoms with van der Waals surface area (Å²) in [6.45, 7) is 6.47. The van der Waals surface area contributed by atoms with Crippen molar-refractivity contribution < 1.29 is 18.0 Å². The number of benzene rings is 1. The van der Waals surface area contributed by atoms with E-state index in [2.05, 4.69) is 30.6 Å². The highest BCUT2D eigenvalue weighted by Gasteiger charge is 2.37. The zero-order valence-corrected chi connectivity index (χ0v) is 23.1. The number of sulfonamides is 1. The van der Waals surface area contributed by atoms with Gasteiger partial charge in [0.1, 0.15) is 0 Å². The van der Waals surface area contributed by atoms with E-state index in [4.69, 9.17) is 0 Å². The van der Waals surface area contributed by atoms with Crippen LogP contribution in [0.1, 0.15) is 85.2 Å². The highest BCUT2D eigenvalue weighted by atomic mass is 32.2. The first-order valence-electron chi connectivity index (χ1n) is 13.4. The lowest BCUT2D eigenvalue weighted by Crippen LogP contribution is -2.37. The van der Waals surface area contributed by atoms with Crippen molar-refractivity contribution in [1.82, 2.24) is 30.6 Å². The summed E-state index contributed by atoms with van der Waals surface area (Å²) < 4.78 is 30.0. The second-order valence-corrected chi connectivity index (χ2v) is 12.3. The molecule has 4 N–H and O–H groups in total. The van der Waals surface area contributed by atoms with Crippen LogP contribution < -0.4 is 20.7 Å². The molecule has 5 rings (SSSR count). The normalized spacial score (nSPS) is 18.7. The maximum Gasteiger partial charge on any atom is 0.315 e. The number of hydrogen-bond donors (Lipinski definition) is 4. The number of urea groups is 1. The van der Waals surface area contributed by atoms with Gasteiger partial charge in [0.15, 0.2) is 0 Å². The summed E-state index contributed by atoms with van der Waals surface area (Å²) in [6, 6.07) is 5.55. The first-order valence-corrected chi connectivity index (χ1v) is 14.9. The van der Waals surface area contributed by atoms with Crippen LogP contribution in [0.3, 0.4) is 0 Å². The van der Waals surface area contributed by atoms with Crippen molar-refractivity contribution >= 4 is 32.7 Å². The molecule has 0 radical (unpaired) electrons. The summed E-state index contributed by atoms with van der Waals surface area (Å²) >= 11 is 0. The van der Waals surface area contributed by atoms with E-state index in [-0.39, 0.29) is 22.8 Å². The number of carbonyl (C=O) groups excluding carboxylic acids is 2. The van der Waals surface area contributed by atoms with Crippen molar-refractivity contribution in [3.63, 3.8) is 0 Å². The van der Waals surface area contributed by atoms with Crippen molar-refractivity contribution in [3.8, 4) is 0 Å². The minimum Gasteiger partial charge on any atom is -0.345 e. The molecule has 0 saturated heterocycles. The van der Waals surface area contributed by atoms with Gasteiger partial charge in [-0.15, -0.1) is 0 Å². The van der Waals surface area contributed by atoms with Gasteiger partial charge in [0.25, 0.3) is 5.91 Å². The monoisotopic (exact) mass is 550 g/mol. The molecule has 1 fully saturated rings. The van der Waals surface area contributed by atoms with Gasteiger partial charge in [0.05, 0.1) is 22.5 Å². The van der Waals surface area contributed by atoms with Crippen LogP contribution in [0.5, 0.6) is 0 Å². The zero-order chi connectivity index (χ0) is 27.7. The first-order chi connectivity index (χ1) is 18.7. The summed E-state index contributed by atoms with van der Waals surface area (Å²) in [4.78, 5) is 34.5. The topological polar surface area (TPSA) is 142 Å². The van der Waals surface area contributed by atoms with Crippen molar-refractivity contribution in [3.05, 3.63) is 65.2 Å². The molecule has 10 nitrogen and oxygen atoms in total. The Morgan fingerprint density at radius 3 is 2.54 bits per heavy atom. The fourth-order valence-electron chi connectivity index (χ4n) is 5.06. The maximum atomic E-state index is 13.6. The summed E-state index contributed by atoms with van der Waals surface area (Å²) in [6.07, 6.45) is 7.21. The fraction of sp³-hybridized carbons (Fsp3) is 0.429. The van der Waals surface area contributed by atoms with Gasteiger partial charge in [-0.1, -0.05) is 13.8 Å². The van der Waals surface area contributed by atoms with E-state index < -0.39 is 22.1 Å². The molecule has 0 aliphatic heterocycles. The van der Waals surface area contributed by atoms with Gasteiger partial charge in [-0.3, -0.25) is 14.8 Å². The molecule has 1 saturated carbocycles. The number of nitrogens with one attached hydrogen (secondary N) is 4. The molecule has 11 heteroatoms. The number of pyridine rings is 2. The SMILES string of the molecule is CCNC(=O)N[C@H]1C[C@H](NC(=O)c2cccnc2)c2cc(S(=O)(=O)NCC(C)C)c3cc(C4CC4)ncc3c21. The van der Waals surface area contributed by atoms with Crippen LogP contribution in [-0.4, -0.2) is 43.4 Å².